The van der Waals surface area contributed by atoms with Gasteiger partial charge in [-0.3, -0.25) is 0 Å². The van der Waals surface area contributed by atoms with Crippen molar-refractivity contribution in [3.63, 3.8) is 0 Å². The molecule has 2 heterocycles. The predicted octanol–water partition coefficient (Wildman–Crippen LogP) is 16.8. The minimum atomic E-state index is 0.851. The highest BCUT2D eigenvalue weighted by Crippen LogP contribution is 2.49. The summed E-state index contributed by atoms with van der Waals surface area (Å²) < 4.78 is 8.91. The van der Waals surface area contributed by atoms with Crippen LogP contribution in [0.25, 0.3) is 93.9 Å². The van der Waals surface area contributed by atoms with E-state index < -0.39 is 0 Å². The summed E-state index contributed by atoms with van der Waals surface area (Å²) in [5.74, 6) is 0. The fraction of sp³-hybridized carbons (Fsp3) is 0. The molecular formula is C60H40N2O. The molecule has 0 bridgehead atoms. The second-order valence-corrected chi connectivity index (χ2v) is 16.0. The Morgan fingerprint density at radius 1 is 0.317 bits per heavy atom. The van der Waals surface area contributed by atoms with E-state index in [-0.39, 0.29) is 0 Å². The number of benzene rings is 10. The lowest BCUT2D eigenvalue weighted by atomic mass is 9.87. The smallest absolute Gasteiger partial charge is 0.137 e. The van der Waals surface area contributed by atoms with Gasteiger partial charge in [-0.2, -0.15) is 0 Å². The summed E-state index contributed by atoms with van der Waals surface area (Å²) in [5.41, 5.74) is 17.7. The number of fused-ring (bicyclic) bond motifs is 6. The topological polar surface area (TPSA) is 21.3 Å². The second kappa shape index (κ2) is 15.3. The van der Waals surface area contributed by atoms with Crippen molar-refractivity contribution in [1.29, 1.82) is 0 Å². The first-order chi connectivity index (χ1) is 31.3. The molecule has 0 N–H and O–H groups in total. The fourth-order valence-electron chi connectivity index (χ4n) is 9.60. The van der Waals surface area contributed by atoms with Gasteiger partial charge in [-0.05, 0) is 106 Å². The van der Waals surface area contributed by atoms with Crippen molar-refractivity contribution in [3.05, 3.63) is 243 Å². The van der Waals surface area contributed by atoms with Gasteiger partial charge in [0.1, 0.15) is 11.2 Å². The van der Waals surface area contributed by atoms with E-state index in [1.807, 2.05) is 6.07 Å². The third-order valence-electron chi connectivity index (χ3n) is 12.4. The summed E-state index contributed by atoms with van der Waals surface area (Å²) in [5, 5.41) is 4.65. The fourth-order valence-corrected chi connectivity index (χ4v) is 9.60. The van der Waals surface area contributed by atoms with Gasteiger partial charge in [0, 0.05) is 33.1 Å². The summed E-state index contributed by atoms with van der Waals surface area (Å²) in [6, 6.07) is 87.2. The summed E-state index contributed by atoms with van der Waals surface area (Å²) in [6.45, 7) is 0. The summed E-state index contributed by atoms with van der Waals surface area (Å²) in [4.78, 5) is 2.42. The van der Waals surface area contributed by atoms with Gasteiger partial charge in [0.15, 0.2) is 0 Å². The van der Waals surface area contributed by atoms with Gasteiger partial charge >= 0.3 is 0 Å². The molecule has 296 valence electrons. The number of anilines is 3. The van der Waals surface area contributed by atoms with E-state index in [1.165, 1.54) is 49.6 Å². The summed E-state index contributed by atoms with van der Waals surface area (Å²) in [7, 11) is 0. The minimum absolute atomic E-state index is 0.851. The van der Waals surface area contributed by atoms with Crippen LogP contribution in [0, 0.1) is 0 Å². The zero-order valence-corrected chi connectivity index (χ0v) is 34.4. The van der Waals surface area contributed by atoms with Crippen molar-refractivity contribution in [2.75, 3.05) is 4.90 Å². The van der Waals surface area contributed by atoms with Gasteiger partial charge in [-0.15, -0.1) is 0 Å². The van der Waals surface area contributed by atoms with Crippen molar-refractivity contribution in [3.8, 4) is 50.2 Å². The molecule has 0 unspecified atom stereocenters. The molecule has 0 radical (unpaired) electrons. The number of nitrogens with zero attached hydrogens (tertiary/aromatic N) is 2. The molecule has 0 fully saturated rings. The number of furan rings is 1. The zero-order chi connectivity index (χ0) is 41.7. The van der Waals surface area contributed by atoms with Gasteiger partial charge in [0.2, 0.25) is 0 Å². The highest BCUT2D eigenvalue weighted by molar-refractivity contribution is 6.14. The molecule has 0 atom stereocenters. The molecule has 3 heteroatoms. The van der Waals surface area contributed by atoms with Crippen LogP contribution in [0.2, 0.25) is 0 Å². The van der Waals surface area contributed by atoms with E-state index in [0.29, 0.717) is 0 Å². The standard InChI is InChI=1S/C60H40N2O/c1-3-18-41(19-4-1)43-34-39-46(42-20-5-2-6-21-42)53(40-43)48-23-8-7-22-47(48)49-24-9-13-28-54(49)62(57-31-17-33-59-60(57)52-27-12-16-32-58(52)63-59)45-37-35-44(36-38-45)61-55-29-14-10-25-50(55)51-26-11-15-30-56(51)61/h1-40H. The average Bonchev–Trinajstić information content (AvgIpc) is 3.91. The summed E-state index contributed by atoms with van der Waals surface area (Å²) in [6.07, 6.45) is 0. The lowest BCUT2D eigenvalue weighted by Crippen LogP contribution is -2.12. The number of rotatable bonds is 8. The maximum atomic E-state index is 6.53. The van der Waals surface area contributed by atoms with Gasteiger partial charge < -0.3 is 13.9 Å². The summed E-state index contributed by atoms with van der Waals surface area (Å²) >= 11 is 0. The van der Waals surface area contributed by atoms with E-state index in [2.05, 4.69) is 246 Å². The van der Waals surface area contributed by atoms with Gasteiger partial charge in [-0.1, -0.05) is 176 Å². The van der Waals surface area contributed by atoms with E-state index in [1.54, 1.807) is 0 Å². The lowest BCUT2D eigenvalue weighted by molar-refractivity contribution is 0.669. The molecule has 0 amide bonds. The van der Waals surface area contributed by atoms with Crippen LogP contribution >= 0.6 is 0 Å². The molecule has 0 aliphatic rings. The van der Waals surface area contributed by atoms with Crippen molar-refractivity contribution in [2.45, 2.75) is 0 Å². The Morgan fingerprint density at radius 2 is 0.857 bits per heavy atom. The van der Waals surface area contributed by atoms with Crippen LogP contribution in [0.1, 0.15) is 0 Å². The Morgan fingerprint density at radius 3 is 1.57 bits per heavy atom. The first-order valence-corrected chi connectivity index (χ1v) is 21.5. The highest BCUT2D eigenvalue weighted by Gasteiger charge is 2.24. The number of aromatic nitrogens is 1. The van der Waals surface area contributed by atoms with Crippen molar-refractivity contribution >= 4 is 60.8 Å². The molecule has 0 spiro atoms. The molecule has 12 aromatic rings. The second-order valence-electron chi connectivity index (χ2n) is 16.0. The number of para-hydroxylation sites is 4. The van der Waals surface area contributed by atoms with Gasteiger partial charge in [-0.25, -0.2) is 0 Å². The van der Waals surface area contributed by atoms with E-state index in [9.17, 15) is 0 Å². The molecule has 0 aliphatic carbocycles. The molecule has 12 rings (SSSR count). The van der Waals surface area contributed by atoms with Gasteiger partial charge in [0.05, 0.1) is 27.8 Å². The zero-order valence-electron chi connectivity index (χ0n) is 34.4. The van der Waals surface area contributed by atoms with Crippen LogP contribution in [-0.4, -0.2) is 4.57 Å². The van der Waals surface area contributed by atoms with Crippen LogP contribution in [0.3, 0.4) is 0 Å². The molecule has 0 aliphatic heterocycles. The van der Waals surface area contributed by atoms with E-state index >= 15 is 0 Å². The average molecular weight is 805 g/mol. The first kappa shape index (κ1) is 36.5. The molecule has 2 aromatic heterocycles. The van der Waals surface area contributed by atoms with Gasteiger partial charge in [0.25, 0.3) is 0 Å². The number of hydrogen-bond donors (Lipinski definition) is 0. The minimum Gasteiger partial charge on any atom is -0.456 e. The quantitative estimate of drug-likeness (QED) is 0.153. The Kier molecular flexibility index (Phi) is 8.83. The van der Waals surface area contributed by atoms with Crippen LogP contribution in [0.15, 0.2) is 247 Å². The van der Waals surface area contributed by atoms with E-state index in [0.717, 1.165) is 61.4 Å². The van der Waals surface area contributed by atoms with Crippen LogP contribution < -0.4 is 4.90 Å². The lowest BCUT2D eigenvalue weighted by Gasteiger charge is -2.29. The molecule has 3 nitrogen and oxygen atoms in total. The van der Waals surface area contributed by atoms with Crippen molar-refractivity contribution in [1.82, 2.24) is 4.57 Å². The van der Waals surface area contributed by atoms with Crippen molar-refractivity contribution < 1.29 is 4.42 Å². The van der Waals surface area contributed by atoms with Crippen LogP contribution in [0.4, 0.5) is 17.1 Å². The van der Waals surface area contributed by atoms with Crippen LogP contribution in [-0.2, 0) is 0 Å². The van der Waals surface area contributed by atoms with Crippen LogP contribution in [0.5, 0.6) is 0 Å². The molecule has 0 saturated carbocycles. The third kappa shape index (κ3) is 6.21. The monoisotopic (exact) mass is 804 g/mol. The normalized spacial score (nSPS) is 11.5. The third-order valence-corrected chi connectivity index (χ3v) is 12.4. The first-order valence-electron chi connectivity index (χ1n) is 21.5. The number of hydrogen-bond acceptors (Lipinski definition) is 2. The highest BCUT2D eigenvalue weighted by atomic mass is 16.3. The molecule has 63 heavy (non-hydrogen) atoms. The maximum absolute atomic E-state index is 6.53. The van der Waals surface area contributed by atoms with E-state index in [4.69, 9.17) is 4.42 Å². The molecule has 0 saturated heterocycles. The largest absolute Gasteiger partial charge is 0.456 e. The SMILES string of the molecule is c1ccc(-c2ccc(-c3ccccc3)c(-c3ccccc3-c3ccccc3N(c3ccc(-n4c5ccccc5c5ccccc54)cc3)c3cccc4oc5ccccc5c34)c2)cc1. The molecular weight excluding hydrogens is 765 g/mol. The Bertz CT molecular complexity index is 3570. The Hall–Kier alpha value is -8.40. The predicted molar refractivity (Wildman–Crippen MR) is 264 cm³/mol. The Labute approximate surface area is 366 Å². The maximum Gasteiger partial charge on any atom is 0.137 e. The molecule has 10 aromatic carbocycles. The van der Waals surface area contributed by atoms with Crippen molar-refractivity contribution in [2.24, 2.45) is 0 Å². The Balaban J connectivity index is 1.09.